The minimum atomic E-state index is -0.629. The second-order valence-corrected chi connectivity index (χ2v) is 6.65. The fourth-order valence-corrected chi connectivity index (χ4v) is 3.42. The number of nitrogens with one attached hydrogen (secondary N) is 1. The molecular formula is C20H18N6O3. The molecule has 29 heavy (non-hydrogen) atoms. The molecule has 2 aromatic heterocycles. The molecule has 0 aliphatic heterocycles. The highest BCUT2D eigenvalue weighted by Gasteiger charge is 2.29. The highest BCUT2D eigenvalue weighted by Crippen LogP contribution is 2.23. The summed E-state index contributed by atoms with van der Waals surface area (Å²) in [6.07, 6.45) is 1.75. The minimum Gasteiger partial charge on any atom is -0.304 e. The standard InChI is InChI=1S/C20H18N6O3/c1-13-18(26(28)29)19(24(2)22-13)20(27)21-17-10-11-25(23-17)12-15-8-5-7-14-6-3-4-9-16(14)15/h3-11H,12H2,1-2H3,(H,21,23,27). The summed E-state index contributed by atoms with van der Waals surface area (Å²) in [5.41, 5.74) is 0.863. The van der Waals surface area contributed by atoms with Crippen LogP contribution in [0.25, 0.3) is 10.8 Å². The van der Waals surface area contributed by atoms with Gasteiger partial charge in [-0.3, -0.25) is 24.3 Å². The van der Waals surface area contributed by atoms with Crippen molar-refractivity contribution in [3.8, 4) is 0 Å². The molecule has 0 bridgehead atoms. The maximum Gasteiger partial charge on any atom is 0.322 e. The van der Waals surface area contributed by atoms with Crippen molar-refractivity contribution in [1.82, 2.24) is 19.6 Å². The molecule has 0 spiro atoms. The molecule has 4 aromatic rings. The van der Waals surface area contributed by atoms with Crippen LogP contribution in [-0.2, 0) is 13.6 Å². The van der Waals surface area contributed by atoms with E-state index in [1.54, 1.807) is 16.9 Å². The van der Waals surface area contributed by atoms with Crippen LogP contribution < -0.4 is 5.32 Å². The topological polar surface area (TPSA) is 108 Å². The number of nitrogens with zero attached hydrogens (tertiary/aromatic N) is 5. The van der Waals surface area contributed by atoms with Crippen LogP contribution >= 0.6 is 0 Å². The lowest BCUT2D eigenvalue weighted by Gasteiger charge is -2.07. The van der Waals surface area contributed by atoms with E-state index in [-0.39, 0.29) is 17.1 Å². The molecule has 0 unspecified atom stereocenters. The molecule has 9 nitrogen and oxygen atoms in total. The van der Waals surface area contributed by atoms with Crippen molar-refractivity contribution in [2.24, 2.45) is 7.05 Å². The third-order valence-electron chi connectivity index (χ3n) is 4.68. The number of fused-ring (bicyclic) bond motifs is 1. The Morgan fingerprint density at radius 3 is 2.69 bits per heavy atom. The maximum absolute atomic E-state index is 12.6. The van der Waals surface area contributed by atoms with E-state index in [1.165, 1.54) is 18.7 Å². The zero-order valence-corrected chi connectivity index (χ0v) is 15.9. The second kappa shape index (κ2) is 7.19. The van der Waals surface area contributed by atoms with Gasteiger partial charge in [-0.1, -0.05) is 42.5 Å². The lowest BCUT2D eigenvalue weighted by atomic mass is 10.0. The summed E-state index contributed by atoms with van der Waals surface area (Å²) in [5.74, 6) is -0.321. The van der Waals surface area contributed by atoms with Gasteiger partial charge in [0.1, 0.15) is 5.69 Å². The van der Waals surface area contributed by atoms with E-state index in [4.69, 9.17) is 0 Å². The molecule has 146 valence electrons. The summed E-state index contributed by atoms with van der Waals surface area (Å²) in [6.45, 7) is 2.02. The lowest BCUT2D eigenvalue weighted by Crippen LogP contribution is -2.18. The van der Waals surface area contributed by atoms with Crippen molar-refractivity contribution >= 4 is 28.2 Å². The maximum atomic E-state index is 12.6. The molecular weight excluding hydrogens is 372 g/mol. The van der Waals surface area contributed by atoms with Gasteiger partial charge in [-0.05, 0) is 23.3 Å². The molecule has 9 heteroatoms. The van der Waals surface area contributed by atoms with Gasteiger partial charge in [-0.2, -0.15) is 10.2 Å². The minimum absolute atomic E-state index is 0.115. The summed E-state index contributed by atoms with van der Waals surface area (Å²) in [5, 5.41) is 24.5. The molecule has 0 atom stereocenters. The third kappa shape index (κ3) is 3.45. The van der Waals surface area contributed by atoms with Crippen molar-refractivity contribution in [3.63, 3.8) is 0 Å². The van der Waals surface area contributed by atoms with Gasteiger partial charge in [-0.25, -0.2) is 0 Å². The summed E-state index contributed by atoms with van der Waals surface area (Å²) in [4.78, 5) is 23.3. The predicted molar refractivity (Wildman–Crippen MR) is 108 cm³/mol. The molecule has 2 heterocycles. The normalized spacial score (nSPS) is 11.0. The zero-order chi connectivity index (χ0) is 20.5. The number of carbonyl (C=O) groups excluding carboxylic acids is 1. The lowest BCUT2D eigenvalue weighted by molar-refractivity contribution is -0.385. The molecule has 0 saturated carbocycles. The first kappa shape index (κ1) is 18.4. The van der Waals surface area contributed by atoms with Gasteiger partial charge in [0.05, 0.1) is 11.5 Å². The van der Waals surface area contributed by atoms with Crippen molar-refractivity contribution in [3.05, 3.63) is 81.8 Å². The summed E-state index contributed by atoms with van der Waals surface area (Å²) in [6, 6.07) is 15.8. The van der Waals surface area contributed by atoms with Crippen LogP contribution in [0.2, 0.25) is 0 Å². The van der Waals surface area contributed by atoms with Crippen LogP contribution in [0.5, 0.6) is 0 Å². The molecule has 0 saturated heterocycles. The average molecular weight is 390 g/mol. The fourth-order valence-electron chi connectivity index (χ4n) is 3.42. The Labute approximate surface area is 165 Å². The Morgan fingerprint density at radius 2 is 1.90 bits per heavy atom. The SMILES string of the molecule is Cc1nn(C)c(C(=O)Nc2ccn(Cc3cccc4ccccc34)n2)c1[N+](=O)[O-]. The number of aryl methyl sites for hydroxylation is 2. The Morgan fingerprint density at radius 1 is 1.14 bits per heavy atom. The highest BCUT2D eigenvalue weighted by atomic mass is 16.6. The first-order valence-electron chi connectivity index (χ1n) is 8.93. The first-order valence-corrected chi connectivity index (χ1v) is 8.93. The van der Waals surface area contributed by atoms with Gasteiger partial charge >= 0.3 is 5.69 Å². The number of hydrogen-bond acceptors (Lipinski definition) is 5. The van der Waals surface area contributed by atoms with Crippen LogP contribution in [0.1, 0.15) is 21.7 Å². The van der Waals surface area contributed by atoms with E-state index in [0.29, 0.717) is 12.4 Å². The van der Waals surface area contributed by atoms with Gasteiger partial charge in [0, 0.05) is 19.3 Å². The smallest absolute Gasteiger partial charge is 0.304 e. The molecule has 4 rings (SSSR count). The quantitative estimate of drug-likeness (QED) is 0.416. The molecule has 1 N–H and O–H groups in total. The number of carbonyl (C=O) groups is 1. The molecule has 0 fully saturated rings. The average Bonchev–Trinajstić information content (AvgIpc) is 3.24. The fraction of sp³-hybridized carbons (Fsp3) is 0.150. The number of nitro groups is 1. The molecule has 1 amide bonds. The Kier molecular flexibility index (Phi) is 4.55. The summed E-state index contributed by atoms with van der Waals surface area (Å²) < 4.78 is 2.91. The third-order valence-corrected chi connectivity index (χ3v) is 4.68. The first-order chi connectivity index (χ1) is 13.9. The van der Waals surface area contributed by atoms with E-state index in [2.05, 4.69) is 33.7 Å². The van der Waals surface area contributed by atoms with Crippen molar-refractivity contribution in [1.29, 1.82) is 0 Å². The number of amides is 1. The highest BCUT2D eigenvalue weighted by molar-refractivity contribution is 6.05. The zero-order valence-electron chi connectivity index (χ0n) is 15.9. The van der Waals surface area contributed by atoms with Crippen molar-refractivity contribution in [2.45, 2.75) is 13.5 Å². The monoisotopic (exact) mass is 390 g/mol. The van der Waals surface area contributed by atoms with Crippen LogP contribution in [0.4, 0.5) is 11.5 Å². The molecule has 2 aromatic carbocycles. The van der Waals surface area contributed by atoms with Gasteiger partial charge in [0.25, 0.3) is 5.91 Å². The predicted octanol–water partition coefficient (Wildman–Crippen LogP) is 3.29. The van der Waals surface area contributed by atoms with Crippen LogP contribution in [0.15, 0.2) is 54.7 Å². The van der Waals surface area contributed by atoms with Crippen LogP contribution in [-0.4, -0.2) is 30.4 Å². The Bertz CT molecular complexity index is 1230. The molecule has 0 radical (unpaired) electrons. The van der Waals surface area contributed by atoms with E-state index in [9.17, 15) is 14.9 Å². The van der Waals surface area contributed by atoms with E-state index in [0.717, 1.165) is 16.3 Å². The second-order valence-electron chi connectivity index (χ2n) is 6.65. The van der Waals surface area contributed by atoms with E-state index < -0.39 is 10.8 Å². The largest absolute Gasteiger partial charge is 0.322 e. The van der Waals surface area contributed by atoms with Crippen molar-refractivity contribution < 1.29 is 9.72 Å². The van der Waals surface area contributed by atoms with Gasteiger partial charge in [0.2, 0.25) is 5.69 Å². The summed E-state index contributed by atoms with van der Waals surface area (Å²) >= 11 is 0. The van der Waals surface area contributed by atoms with Crippen LogP contribution in [0.3, 0.4) is 0 Å². The van der Waals surface area contributed by atoms with E-state index >= 15 is 0 Å². The van der Waals surface area contributed by atoms with Crippen LogP contribution in [0, 0.1) is 17.0 Å². The number of benzene rings is 2. The van der Waals surface area contributed by atoms with Gasteiger partial charge in [0.15, 0.2) is 5.82 Å². The van der Waals surface area contributed by atoms with E-state index in [1.807, 2.05) is 24.3 Å². The Balaban J connectivity index is 1.56. The number of rotatable bonds is 5. The summed E-state index contributed by atoms with van der Waals surface area (Å²) in [7, 11) is 1.49. The van der Waals surface area contributed by atoms with Gasteiger partial charge < -0.3 is 5.32 Å². The molecule has 0 aliphatic rings. The Hall–Kier alpha value is -4.01. The number of aromatic nitrogens is 4. The van der Waals surface area contributed by atoms with Gasteiger partial charge in [-0.15, -0.1) is 0 Å². The number of hydrogen-bond donors (Lipinski definition) is 1. The van der Waals surface area contributed by atoms with Crippen molar-refractivity contribution in [2.75, 3.05) is 5.32 Å². The number of anilines is 1. The molecule has 0 aliphatic carbocycles.